The van der Waals surface area contributed by atoms with Crippen LogP contribution in [0.1, 0.15) is 12.5 Å². The van der Waals surface area contributed by atoms with E-state index in [1.807, 2.05) is 43.3 Å². The minimum Gasteiger partial charge on any atom is -0.486 e. The second-order valence-electron chi connectivity index (χ2n) is 6.26. The van der Waals surface area contributed by atoms with Crippen molar-refractivity contribution in [3.63, 3.8) is 0 Å². The Kier molecular flexibility index (Phi) is 6.73. The number of rotatable bonds is 8. The molecule has 0 saturated carbocycles. The zero-order valence-corrected chi connectivity index (χ0v) is 15.8. The highest BCUT2D eigenvalue weighted by atomic mass is 16.6. The summed E-state index contributed by atoms with van der Waals surface area (Å²) in [5.74, 6) is 1.52. The minimum absolute atomic E-state index is 0.0740. The number of carbonyl (C=O) groups excluding carboxylic acids is 2. The summed E-state index contributed by atoms with van der Waals surface area (Å²) in [6.07, 6.45) is 0. The summed E-state index contributed by atoms with van der Waals surface area (Å²) in [5, 5.41) is 2.60. The minimum atomic E-state index is -0.340. The molecule has 2 aromatic carbocycles. The number of nitrogens with one attached hydrogen (secondary N) is 1. The summed E-state index contributed by atoms with van der Waals surface area (Å²) in [4.78, 5) is 26.0. The van der Waals surface area contributed by atoms with Crippen molar-refractivity contribution in [2.75, 3.05) is 32.9 Å². The van der Waals surface area contributed by atoms with Gasteiger partial charge in [-0.25, -0.2) is 0 Å². The van der Waals surface area contributed by atoms with Gasteiger partial charge in [-0.05, 0) is 36.8 Å². The molecule has 1 N–H and O–H groups in total. The first-order valence-corrected chi connectivity index (χ1v) is 9.26. The molecule has 2 aromatic rings. The maximum Gasteiger partial charge on any atom is 0.258 e. The van der Waals surface area contributed by atoms with Gasteiger partial charge in [-0.3, -0.25) is 9.59 Å². The fraction of sp³-hybridized carbons (Fsp3) is 0.333. The zero-order chi connectivity index (χ0) is 19.8. The lowest BCUT2D eigenvalue weighted by atomic mass is 10.1. The number of para-hydroxylation sites is 1. The molecule has 3 rings (SSSR count). The topological polar surface area (TPSA) is 77.1 Å². The van der Waals surface area contributed by atoms with Crippen molar-refractivity contribution in [3.8, 4) is 17.2 Å². The maximum atomic E-state index is 12.5. The normalized spacial score (nSPS) is 12.2. The van der Waals surface area contributed by atoms with Crippen molar-refractivity contribution in [2.45, 2.75) is 13.5 Å². The predicted molar refractivity (Wildman–Crippen MR) is 103 cm³/mol. The molecule has 2 amide bonds. The summed E-state index contributed by atoms with van der Waals surface area (Å²) in [5.41, 5.74) is 0.943. The molecule has 0 fully saturated rings. The molecule has 0 saturated heterocycles. The van der Waals surface area contributed by atoms with Crippen molar-refractivity contribution in [1.29, 1.82) is 0 Å². The Labute approximate surface area is 164 Å². The number of benzene rings is 2. The molecular weight excluding hydrogens is 360 g/mol. The van der Waals surface area contributed by atoms with Crippen LogP contribution in [0.5, 0.6) is 17.2 Å². The summed E-state index contributed by atoms with van der Waals surface area (Å²) >= 11 is 0. The average Bonchev–Trinajstić information content (AvgIpc) is 2.75. The molecule has 7 nitrogen and oxygen atoms in total. The van der Waals surface area contributed by atoms with Crippen LogP contribution in [0.3, 0.4) is 0 Å². The lowest BCUT2D eigenvalue weighted by molar-refractivity contribution is -0.133. The molecule has 0 aromatic heterocycles. The van der Waals surface area contributed by atoms with Gasteiger partial charge < -0.3 is 24.4 Å². The Morgan fingerprint density at radius 1 is 1.07 bits per heavy atom. The highest BCUT2D eigenvalue weighted by Crippen LogP contribution is 2.31. The van der Waals surface area contributed by atoms with Crippen molar-refractivity contribution in [3.05, 3.63) is 54.1 Å². The van der Waals surface area contributed by atoms with E-state index >= 15 is 0 Å². The summed E-state index contributed by atoms with van der Waals surface area (Å²) < 4.78 is 16.5. The zero-order valence-electron chi connectivity index (χ0n) is 15.8. The fourth-order valence-corrected chi connectivity index (χ4v) is 2.79. The lowest BCUT2D eigenvalue weighted by Gasteiger charge is -2.23. The number of ether oxygens (including phenoxy) is 3. The van der Waals surface area contributed by atoms with Crippen molar-refractivity contribution < 1.29 is 23.8 Å². The van der Waals surface area contributed by atoms with Gasteiger partial charge in [0.2, 0.25) is 5.91 Å². The molecule has 0 radical (unpaired) electrons. The maximum absolute atomic E-state index is 12.5. The summed E-state index contributed by atoms with van der Waals surface area (Å²) in [6, 6.07) is 14.7. The van der Waals surface area contributed by atoms with E-state index in [2.05, 4.69) is 5.32 Å². The van der Waals surface area contributed by atoms with Crippen LogP contribution in [0.4, 0.5) is 0 Å². The van der Waals surface area contributed by atoms with E-state index < -0.39 is 0 Å². The molecule has 1 aliphatic heterocycles. The largest absolute Gasteiger partial charge is 0.486 e. The summed E-state index contributed by atoms with van der Waals surface area (Å²) in [6.45, 7) is 3.72. The van der Waals surface area contributed by atoms with Crippen LogP contribution in [0.15, 0.2) is 48.5 Å². The van der Waals surface area contributed by atoms with Gasteiger partial charge in [-0.2, -0.15) is 0 Å². The van der Waals surface area contributed by atoms with Crippen molar-refractivity contribution in [1.82, 2.24) is 10.2 Å². The summed E-state index contributed by atoms with van der Waals surface area (Å²) in [7, 11) is 0. The van der Waals surface area contributed by atoms with Gasteiger partial charge in [0, 0.05) is 13.1 Å². The Morgan fingerprint density at radius 3 is 2.57 bits per heavy atom. The molecule has 1 heterocycles. The molecule has 0 aliphatic carbocycles. The number of carbonyl (C=O) groups is 2. The standard InChI is InChI=1S/C21H24N2O5/c1-2-23(14-16-8-9-18-19(12-16)27-11-10-26-18)21(25)13-22-20(24)15-28-17-6-4-3-5-7-17/h3-9,12H,2,10-11,13-15H2,1H3,(H,22,24). The SMILES string of the molecule is CCN(Cc1ccc2c(c1)OCCO2)C(=O)CNC(=O)COc1ccccc1. The number of hydrogen-bond acceptors (Lipinski definition) is 5. The van der Waals surface area contributed by atoms with Gasteiger partial charge >= 0.3 is 0 Å². The first kappa shape index (κ1) is 19.5. The van der Waals surface area contributed by atoms with Crippen molar-refractivity contribution in [2.24, 2.45) is 0 Å². The van der Waals surface area contributed by atoms with Crippen LogP contribution in [-0.2, 0) is 16.1 Å². The Morgan fingerprint density at radius 2 is 1.82 bits per heavy atom. The van der Waals surface area contributed by atoms with Crippen LogP contribution in [0.25, 0.3) is 0 Å². The van der Waals surface area contributed by atoms with Crippen LogP contribution >= 0.6 is 0 Å². The van der Waals surface area contributed by atoms with Crippen LogP contribution in [-0.4, -0.2) is 49.6 Å². The molecule has 28 heavy (non-hydrogen) atoms. The third-order valence-electron chi connectivity index (χ3n) is 4.26. The quantitative estimate of drug-likeness (QED) is 0.753. The van der Waals surface area contributed by atoms with E-state index in [1.54, 1.807) is 17.0 Å². The first-order chi connectivity index (χ1) is 13.7. The predicted octanol–water partition coefficient (Wildman–Crippen LogP) is 2.00. The lowest BCUT2D eigenvalue weighted by Crippen LogP contribution is -2.41. The van der Waals surface area contributed by atoms with E-state index in [1.165, 1.54) is 0 Å². The molecule has 148 valence electrons. The molecule has 0 spiro atoms. The number of fused-ring (bicyclic) bond motifs is 1. The van der Waals surface area contributed by atoms with Gasteiger partial charge in [0.1, 0.15) is 19.0 Å². The molecular formula is C21H24N2O5. The number of hydrogen-bond donors (Lipinski definition) is 1. The molecule has 0 bridgehead atoms. The molecule has 7 heteroatoms. The monoisotopic (exact) mass is 384 g/mol. The third-order valence-corrected chi connectivity index (χ3v) is 4.26. The molecule has 1 aliphatic rings. The first-order valence-electron chi connectivity index (χ1n) is 9.26. The van der Waals surface area contributed by atoms with E-state index in [4.69, 9.17) is 14.2 Å². The Hall–Kier alpha value is -3.22. The van der Waals surface area contributed by atoms with Gasteiger partial charge in [0.15, 0.2) is 18.1 Å². The van der Waals surface area contributed by atoms with Gasteiger partial charge in [-0.15, -0.1) is 0 Å². The van der Waals surface area contributed by atoms with E-state index in [9.17, 15) is 9.59 Å². The highest BCUT2D eigenvalue weighted by molar-refractivity contribution is 5.85. The highest BCUT2D eigenvalue weighted by Gasteiger charge is 2.16. The fourth-order valence-electron chi connectivity index (χ4n) is 2.79. The van der Waals surface area contributed by atoms with E-state index in [0.29, 0.717) is 37.8 Å². The number of amides is 2. The second-order valence-corrected chi connectivity index (χ2v) is 6.26. The third kappa shape index (κ3) is 5.39. The second kappa shape index (κ2) is 9.64. The number of nitrogens with zero attached hydrogens (tertiary/aromatic N) is 1. The molecule has 0 unspecified atom stereocenters. The van der Waals surface area contributed by atoms with E-state index in [0.717, 1.165) is 11.3 Å². The number of likely N-dealkylation sites (N-methyl/N-ethyl adjacent to an activating group) is 1. The van der Waals surface area contributed by atoms with Crippen LogP contribution < -0.4 is 19.5 Å². The Bertz CT molecular complexity index is 810. The Balaban J connectivity index is 1.47. The van der Waals surface area contributed by atoms with Crippen LogP contribution in [0.2, 0.25) is 0 Å². The van der Waals surface area contributed by atoms with Gasteiger partial charge in [-0.1, -0.05) is 24.3 Å². The van der Waals surface area contributed by atoms with Crippen molar-refractivity contribution >= 4 is 11.8 Å². The average molecular weight is 384 g/mol. The van der Waals surface area contributed by atoms with Crippen LogP contribution in [0, 0.1) is 0 Å². The molecule has 0 atom stereocenters. The van der Waals surface area contributed by atoms with E-state index in [-0.39, 0.29) is 25.0 Å². The van der Waals surface area contributed by atoms with Gasteiger partial charge in [0.25, 0.3) is 5.91 Å². The smallest absolute Gasteiger partial charge is 0.258 e. The van der Waals surface area contributed by atoms with Gasteiger partial charge in [0.05, 0.1) is 6.54 Å².